The largest absolute Gasteiger partial charge is 0.482 e. The summed E-state index contributed by atoms with van der Waals surface area (Å²) in [7, 11) is 0. The number of nitrogens with one attached hydrogen (secondary N) is 1. The number of fused-ring (bicyclic) bond motifs is 1. The molecule has 3 amide bonds. The molecule has 0 saturated heterocycles. The van der Waals surface area contributed by atoms with Crippen LogP contribution in [0.2, 0.25) is 0 Å². The van der Waals surface area contributed by atoms with E-state index in [1.807, 2.05) is 0 Å². The highest BCUT2D eigenvalue weighted by molar-refractivity contribution is 5.94. The number of hydrogen-bond acceptors (Lipinski definition) is 7. The number of ether oxygens (including phenoxy) is 2. The van der Waals surface area contributed by atoms with Crippen molar-refractivity contribution in [1.82, 2.24) is 5.32 Å². The van der Waals surface area contributed by atoms with Gasteiger partial charge in [-0.15, -0.1) is 0 Å². The van der Waals surface area contributed by atoms with E-state index in [1.165, 1.54) is 12.1 Å². The van der Waals surface area contributed by atoms with Crippen LogP contribution in [0, 0.1) is 6.92 Å². The van der Waals surface area contributed by atoms with Gasteiger partial charge in [0.1, 0.15) is 11.3 Å². The third kappa shape index (κ3) is 4.57. The van der Waals surface area contributed by atoms with Crippen molar-refractivity contribution >= 4 is 28.9 Å². The molecule has 2 rings (SSSR count). The fourth-order valence-electron chi connectivity index (χ4n) is 1.90. The highest BCUT2D eigenvalue weighted by Crippen LogP contribution is 2.22. The Labute approximate surface area is 135 Å². The normalized spacial score (nSPS) is 10.2. The van der Waals surface area contributed by atoms with E-state index in [1.54, 1.807) is 24.4 Å². The van der Waals surface area contributed by atoms with Gasteiger partial charge in [0.15, 0.2) is 13.2 Å². The first-order valence-electron chi connectivity index (χ1n) is 6.77. The van der Waals surface area contributed by atoms with Crippen molar-refractivity contribution in [3.8, 4) is 5.75 Å². The molecule has 0 atom stereocenters. The number of esters is 1. The van der Waals surface area contributed by atoms with Gasteiger partial charge < -0.3 is 19.6 Å². The van der Waals surface area contributed by atoms with Gasteiger partial charge in [0.2, 0.25) is 0 Å². The van der Waals surface area contributed by atoms with E-state index in [0.29, 0.717) is 5.58 Å². The number of carbonyl (C=O) groups excluding carboxylic acids is 3. The third-order valence-corrected chi connectivity index (χ3v) is 2.91. The molecular weight excluding hydrogens is 320 g/mol. The van der Waals surface area contributed by atoms with Gasteiger partial charge in [-0.25, -0.2) is 14.4 Å². The Morgan fingerprint density at radius 2 is 1.96 bits per heavy atom. The minimum absolute atomic E-state index is 0.287. The van der Waals surface area contributed by atoms with Crippen LogP contribution in [0.15, 0.2) is 33.5 Å². The lowest BCUT2D eigenvalue weighted by atomic mass is 10.1. The summed E-state index contributed by atoms with van der Waals surface area (Å²) in [6.07, 6.45) is 0. The molecule has 0 spiro atoms. The summed E-state index contributed by atoms with van der Waals surface area (Å²) in [6.45, 7) is 0.649. The van der Waals surface area contributed by atoms with Gasteiger partial charge in [-0.05, 0) is 24.6 Å². The predicted octanol–water partition coefficient (Wildman–Crippen LogP) is 0.218. The number of urea groups is 1. The number of benzene rings is 1. The minimum atomic E-state index is -1.04. The lowest BCUT2D eigenvalue weighted by Crippen LogP contribution is -2.38. The van der Waals surface area contributed by atoms with E-state index in [9.17, 15) is 19.2 Å². The Morgan fingerprint density at radius 3 is 2.67 bits per heavy atom. The second-order valence-corrected chi connectivity index (χ2v) is 4.77. The topological polar surface area (TPSA) is 138 Å². The lowest BCUT2D eigenvalue weighted by molar-refractivity contribution is -0.150. The maximum atomic E-state index is 11.5. The highest BCUT2D eigenvalue weighted by Gasteiger charge is 2.10. The standard InChI is InChI=1S/C15H14N2O7/c1-8-4-13(19)24-11-5-9(2-3-10(8)11)22-7-14(20)23-6-12(18)17-15(16)21/h2-5H,6-7H2,1H3,(H3,16,17,18,21). The fraction of sp³-hybridized carbons (Fsp3) is 0.200. The van der Waals surface area contributed by atoms with Crippen molar-refractivity contribution in [1.29, 1.82) is 0 Å². The van der Waals surface area contributed by atoms with Crippen molar-refractivity contribution < 1.29 is 28.3 Å². The summed E-state index contributed by atoms with van der Waals surface area (Å²) in [5.41, 5.74) is 5.33. The first-order chi connectivity index (χ1) is 11.3. The molecule has 3 N–H and O–H groups in total. The van der Waals surface area contributed by atoms with Gasteiger partial charge in [0.05, 0.1) is 0 Å². The second-order valence-electron chi connectivity index (χ2n) is 4.77. The molecule has 1 aromatic heterocycles. The molecule has 0 aliphatic carbocycles. The Balaban J connectivity index is 1.93. The van der Waals surface area contributed by atoms with Gasteiger partial charge in [-0.1, -0.05) is 0 Å². The molecule has 0 unspecified atom stereocenters. The first-order valence-corrected chi connectivity index (χ1v) is 6.77. The summed E-state index contributed by atoms with van der Waals surface area (Å²) < 4.78 is 14.9. The number of hydrogen-bond donors (Lipinski definition) is 2. The average Bonchev–Trinajstić information content (AvgIpc) is 2.49. The Morgan fingerprint density at radius 1 is 1.21 bits per heavy atom. The van der Waals surface area contributed by atoms with Gasteiger partial charge in [-0.2, -0.15) is 0 Å². The Bertz CT molecular complexity index is 857. The average molecular weight is 334 g/mol. The highest BCUT2D eigenvalue weighted by atomic mass is 16.6. The monoisotopic (exact) mass is 334 g/mol. The summed E-state index contributed by atoms with van der Waals surface area (Å²) in [6, 6.07) is 5.09. The zero-order valence-corrected chi connectivity index (χ0v) is 12.7. The van der Waals surface area contributed by atoms with Gasteiger partial charge in [0.25, 0.3) is 5.91 Å². The molecule has 1 heterocycles. The quantitative estimate of drug-likeness (QED) is 0.589. The zero-order valence-electron chi connectivity index (χ0n) is 12.7. The van der Waals surface area contributed by atoms with Gasteiger partial charge in [0, 0.05) is 17.5 Å². The summed E-state index contributed by atoms with van der Waals surface area (Å²) >= 11 is 0. The molecule has 0 aliphatic rings. The summed E-state index contributed by atoms with van der Waals surface area (Å²) in [5, 5.41) is 2.49. The molecule has 24 heavy (non-hydrogen) atoms. The molecule has 0 saturated carbocycles. The van der Waals surface area contributed by atoms with Crippen LogP contribution in [-0.4, -0.2) is 31.1 Å². The van der Waals surface area contributed by atoms with E-state index in [2.05, 4.69) is 4.74 Å². The number of amides is 3. The van der Waals surface area contributed by atoms with Crippen LogP contribution >= 0.6 is 0 Å². The van der Waals surface area contributed by atoms with Crippen molar-refractivity contribution in [2.45, 2.75) is 6.92 Å². The number of imide groups is 1. The molecule has 2 aromatic rings. The number of nitrogens with two attached hydrogens (primary N) is 1. The maximum Gasteiger partial charge on any atom is 0.344 e. The van der Waals surface area contributed by atoms with Gasteiger partial charge in [-0.3, -0.25) is 10.1 Å². The fourth-order valence-corrected chi connectivity index (χ4v) is 1.90. The van der Waals surface area contributed by atoms with Crippen LogP contribution < -0.4 is 21.4 Å². The Kier molecular flexibility index (Phi) is 5.15. The first kappa shape index (κ1) is 17.0. The molecule has 1 aromatic carbocycles. The van der Waals surface area contributed by atoms with Gasteiger partial charge >= 0.3 is 17.6 Å². The van der Waals surface area contributed by atoms with Crippen LogP contribution in [-0.2, 0) is 14.3 Å². The van der Waals surface area contributed by atoms with E-state index < -0.39 is 36.7 Å². The molecule has 0 radical (unpaired) electrons. The van der Waals surface area contributed by atoms with Crippen LogP contribution in [0.25, 0.3) is 11.0 Å². The number of rotatable bonds is 5. The van der Waals surface area contributed by atoms with Crippen molar-refractivity contribution in [2.75, 3.05) is 13.2 Å². The van der Waals surface area contributed by atoms with Crippen molar-refractivity contribution in [2.24, 2.45) is 5.73 Å². The number of aryl methyl sites for hydroxylation is 1. The zero-order chi connectivity index (χ0) is 17.7. The molecule has 0 bridgehead atoms. The molecular formula is C15H14N2O7. The molecule has 0 aliphatic heterocycles. The van der Waals surface area contributed by atoms with Crippen LogP contribution in [0.3, 0.4) is 0 Å². The number of primary amides is 1. The Hall–Kier alpha value is -3.36. The molecule has 9 nitrogen and oxygen atoms in total. The van der Waals surface area contributed by atoms with E-state index in [-0.39, 0.29) is 5.75 Å². The van der Waals surface area contributed by atoms with Crippen LogP contribution in [0.5, 0.6) is 5.75 Å². The van der Waals surface area contributed by atoms with Crippen molar-refractivity contribution in [3.63, 3.8) is 0 Å². The molecule has 0 fully saturated rings. The smallest absolute Gasteiger partial charge is 0.344 e. The maximum absolute atomic E-state index is 11.5. The summed E-state index contributed by atoms with van der Waals surface area (Å²) in [4.78, 5) is 44.3. The van der Waals surface area contributed by atoms with E-state index >= 15 is 0 Å². The molecule has 9 heteroatoms. The van der Waals surface area contributed by atoms with Crippen molar-refractivity contribution in [3.05, 3.63) is 40.2 Å². The number of carbonyl (C=O) groups is 3. The van der Waals surface area contributed by atoms with E-state index in [4.69, 9.17) is 14.9 Å². The predicted molar refractivity (Wildman–Crippen MR) is 81.4 cm³/mol. The third-order valence-electron chi connectivity index (χ3n) is 2.91. The second kappa shape index (κ2) is 7.27. The lowest BCUT2D eigenvalue weighted by Gasteiger charge is -2.08. The van der Waals surface area contributed by atoms with Crippen LogP contribution in [0.4, 0.5) is 4.79 Å². The van der Waals surface area contributed by atoms with E-state index in [0.717, 1.165) is 10.9 Å². The van der Waals surface area contributed by atoms with Crippen LogP contribution in [0.1, 0.15) is 5.56 Å². The summed E-state index contributed by atoms with van der Waals surface area (Å²) in [5.74, 6) is -1.38. The minimum Gasteiger partial charge on any atom is -0.482 e. The molecule has 126 valence electrons. The SMILES string of the molecule is Cc1cc(=O)oc2cc(OCC(=O)OCC(=O)NC(N)=O)ccc12.